The van der Waals surface area contributed by atoms with E-state index in [-0.39, 0.29) is 23.4 Å². The average molecular weight is 411 g/mol. The molecule has 0 aromatic heterocycles. The van der Waals surface area contributed by atoms with Gasteiger partial charge in [-0.3, -0.25) is 9.79 Å². The highest BCUT2D eigenvalue weighted by molar-refractivity contribution is 6.22. The lowest BCUT2D eigenvalue weighted by atomic mass is 9.76. The van der Waals surface area contributed by atoms with E-state index in [4.69, 9.17) is 4.74 Å². The number of ether oxygens (including phenoxy) is 1. The molecule has 0 aromatic carbocycles. The van der Waals surface area contributed by atoms with Gasteiger partial charge in [-0.2, -0.15) is 0 Å². The largest absolute Gasteiger partial charge is 0.511 e. The molecule has 29 heavy (non-hydrogen) atoms. The number of aliphatic hydroxyl groups is 1. The number of aliphatic carboxylic acids is 1. The fraction of sp³-hybridized carbons (Fsp3) is 0.714. The Morgan fingerprint density at radius 3 is 2.38 bits per heavy atom. The zero-order chi connectivity index (χ0) is 22.4. The van der Waals surface area contributed by atoms with Gasteiger partial charge in [0.05, 0.1) is 5.57 Å². The summed E-state index contributed by atoms with van der Waals surface area (Å²) in [6.07, 6.45) is 1.40. The summed E-state index contributed by atoms with van der Waals surface area (Å²) in [4.78, 5) is 39.8. The molecule has 1 rings (SSSR count). The first-order chi connectivity index (χ1) is 13.2. The topological polar surface area (TPSA) is 125 Å². The SMILES string of the molecule is CC(=NCCCCC(NC(=O)OC(C)(C)C)C(=O)O)C1=C(O)CC(C)(C)CC1=O. The monoisotopic (exact) mass is 410 g/mol. The number of carboxylic acids is 1. The molecular formula is C21H34N2O6. The lowest BCUT2D eigenvalue weighted by molar-refractivity contribution is -0.139. The second-order valence-corrected chi connectivity index (χ2v) is 9.26. The molecule has 1 amide bonds. The van der Waals surface area contributed by atoms with E-state index >= 15 is 0 Å². The molecule has 0 radical (unpaired) electrons. The van der Waals surface area contributed by atoms with E-state index in [2.05, 4.69) is 10.3 Å². The van der Waals surface area contributed by atoms with Crippen molar-refractivity contribution in [3.63, 3.8) is 0 Å². The number of unbranched alkanes of at least 4 members (excludes halogenated alkanes) is 1. The van der Waals surface area contributed by atoms with E-state index in [0.717, 1.165) is 0 Å². The molecule has 0 aromatic rings. The smallest absolute Gasteiger partial charge is 0.408 e. The number of carbonyl (C=O) groups excluding carboxylic acids is 2. The summed E-state index contributed by atoms with van der Waals surface area (Å²) < 4.78 is 5.08. The van der Waals surface area contributed by atoms with Crippen molar-refractivity contribution in [3.8, 4) is 0 Å². The number of hydrogen-bond acceptors (Lipinski definition) is 6. The van der Waals surface area contributed by atoms with Gasteiger partial charge in [0.25, 0.3) is 0 Å². The Bertz CT molecular complexity index is 700. The van der Waals surface area contributed by atoms with Crippen LogP contribution in [0.4, 0.5) is 4.79 Å². The molecule has 1 unspecified atom stereocenters. The zero-order valence-electron chi connectivity index (χ0n) is 18.3. The molecule has 1 atom stereocenters. The van der Waals surface area contributed by atoms with Crippen LogP contribution in [0.3, 0.4) is 0 Å². The van der Waals surface area contributed by atoms with E-state index in [0.29, 0.717) is 43.5 Å². The van der Waals surface area contributed by atoms with Crippen molar-refractivity contribution in [1.82, 2.24) is 5.32 Å². The molecule has 1 aliphatic carbocycles. The van der Waals surface area contributed by atoms with Crippen molar-refractivity contribution in [2.75, 3.05) is 6.54 Å². The maximum Gasteiger partial charge on any atom is 0.408 e. The summed E-state index contributed by atoms with van der Waals surface area (Å²) in [6, 6.07) is -1.04. The highest BCUT2D eigenvalue weighted by Crippen LogP contribution is 2.36. The minimum atomic E-state index is -1.12. The van der Waals surface area contributed by atoms with Crippen LogP contribution in [0, 0.1) is 5.41 Å². The van der Waals surface area contributed by atoms with Crippen LogP contribution in [0.2, 0.25) is 0 Å². The summed E-state index contributed by atoms with van der Waals surface area (Å²) in [5, 5.41) is 21.8. The van der Waals surface area contributed by atoms with Gasteiger partial charge < -0.3 is 20.3 Å². The van der Waals surface area contributed by atoms with Gasteiger partial charge in [0.15, 0.2) is 5.78 Å². The standard InChI is InChI=1S/C21H34N2O6/c1-13(17-15(24)11-21(5,6)12-16(17)25)22-10-8-7-9-14(18(26)27)23-19(28)29-20(2,3)4/h14,24H,7-12H2,1-6H3,(H,23,28)(H,26,27). The highest BCUT2D eigenvalue weighted by atomic mass is 16.6. The van der Waals surface area contributed by atoms with E-state index in [1.807, 2.05) is 13.8 Å². The number of carbonyl (C=O) groups is 3. The molecule has 1 aliphatic rings. The Balaban J connectivity index is 2.54. The summed E-state index contributed by atoms with van der Waals surface area (Å²) >= 11 is 0. The molecular weight excluding hydrogens is 376 g/mol. The number of aliphatic hydroxyl groups excluding tert-OH is 1. The highest BCUT2D eigenvalue weighted by Gasteiger charge is 2.34. The summed E-state index contributed by atoms with van der Waals surface area (Å²) in [5.41, 5.74) is -0.146. The molecule has 8 heteroatoms. The van der Waals surface area contributed by atoms with Gasteiger partial charge in [-0.1, -0.05) is 13.8 Å². The van der Waals surface area contributed by atoms with Crippen LogP contribution >= 0.6 is 0 Å². The normalized spacial score (nSPS) is 18.4. The number of rotatable bonds is 8. The fourth-order valence-corrected chi connectivity index (χ4v) is 3.19. The molecule has 0 spiro atoms. The van der Waals surface area contributed by atoms with Gasteiger partial charge in [0.2, 0.25) is 0 Å². The minimum absolute atomic E-state index is 0.0833. The first-order valence-electron chi connectivity index (χ1n) is 9.91. The number of aliphatic imine (C=N–C) groups is 1. The number of nitrogens with zero attached hydrogens (tertiary/aromatic N) is 1. The molecule has 0 bridgehead atoms. The predicted molar refractivity (Wildman–Crippen MR) is 110 cm³/mol. The Morgan fingerprint density at radius 1 is 1.24 bits per heavy atom. The second kappa shape index (κ2) is 9.89. The van der Waals surface area contributed by atoms with E-state index in [1.165, 1.54) is 0 Å². The van der Waals surface area contributed by atoms with Crippen molar-refractivity contribution in [2.45, 2.75) is 85.3 Å². The van der Waals surface area contributed by atoms with E-state index in [9.17, 15) is 24.6 Å². The lowest BCUT2D eigenvalue weighted by Gasteiger charge is -2.29. The molecule has 8 nitrogen and oxygen atoms in total. The van der Waals surface area contributed by atoms with Crippen molar-refractivity contribution < 1.29 is 29.3 Å². The lowest BCUT2D eigenvalue weighted by Crippen LogP contribution is -2.43. The van der Waals surface area contributed by atoms with E-state index < -0.39 is 23.7 Å². The number of hydrogen-bond donors (Lipinski definition) is 3. The zero-order valence-corrected chi connectivity index (χ0v) is 18.3. The first kappa shape index (κ1) is 24.7. The molecule has 0 heterocycles. The van der Waals surface area contributed by atoms with Crippen LogP contribution in [-0.2, 0) is 14.3 Å². The summed E-state index contributed by atoms with van der Waals surface area (Å²) in [7, 11) is 0. The van der Waals surface area contributed by atoms with Crippen molar-refractivity contribution in [3.05, 3.63) is 11.3 Å². The van der Waals surface area contributed by atoms with Gasteiger partial charge in [0.1, 0.15) is 17.4 Å². The number of ketones is 1. The van der Waals surface area contributed by atoms with E-state index in [1.54, 1.807) is 27.7 Å². The van der Waals surface area contributed by atoms with Crippen LogP contribution < -0.4 is 5.32 Å². The third-order valence-corrected chi connectivity index (χ3v) is 4.45. The Morgan fingerprint density at radius 2 is 1.86 bits per heavy atom. The number of nitrogens with one attached hydrogen (secondary N) is 1. The van der Waals surface area contributed by atoms with Crippen LogP contribution in [0.25, 0.3) is 0 Å². The maximum atomic E-state index is 12.3. The molecule has 0 saturated heterocycles. The van der Waals surface area contributed by atoms with Gasteiger partial charge in [0, 0.05) is 25.1 Å². The third-order valence-electron chi connectivity index (χ3n) is 4.45. The van der Waals surface area contributed by atoms with Crippen molar-refractivity contribution in [1.29, 1.82) is 0 Å². The summed E-state index contributed by atoms with van der Waals surface area (Å²) in [6.45, 7) is 11.1. The molecule has 3 N–H and O–H groups in total. The maximum absolute atomic E-state index is 12.3. The number of alkyl carbamates (subject to hydrolysis) is 1. The van der Waals surface area contributed by atoms with Crippen LogP contribution in [0.5, 0.6) is 0 Å². The molecule has 0 aliphatic heterocycles. The number of Topliss-reactive ketones (excluding diaryl/α,β-unsaturated/α-hetero) is 1. The number of carboxylic acid groups (broad SMARTS) is 1. The summed E-state index contributed by atoms with van der Waals surface area (Å²) in [5.74, 6) is -1.14. The van der Waals surface area contributed by atoms with Crippen LogP contribution in [-0.4, -0.2) is 52.0 Å². The van der Waals surface area contributed by atoms with Gasteiger partial charge >= 0.3 is 12.1 Å². The predicted octanol–water partition coefficient (Wildman–Crippen LogP) is 3.80. The molecule has 0 saturated carbocycles. The molecule has 164 valence electrons. The number of allylic oxidation sites excluding steroid dienone is 2. The Kier molecular flexibility index (Phi) is 8.41. The second-order valence-electron chi connectivity index (χ2n) is 9.26. The van der Waals surface area contributed by atoms with Crippen LogP contribution in [0.15, 0.2) is 16.3 Å². The van der Waals surface area contributed by atoms with Crippen molar-refractivity contribution >= 4 is 23.6 Å². The molecule has 0 fully saturated rings. The third kappa shape index (κ3) is 8.66. The minimum Gasteiger partial charge on any atom is -0.511 e. The first-order valence-corrected chi connectivity index (χ1v) is 9.91. The van der Waals surface area contributed by atoms with Gasteiger partial charge in [-0.15, -0.1) is 0 Å². The Hall–Kier alpha value is -2.38. The quantitative estimate of drug-likeness (QED) is 0.413. The fourth-order valence-electron chi connectivity index (χ4n) is 3.19. The average Bonchev–Trinajstić information content (AvgIpc) is 2.49. The van der Waals surface area contributed by atoms with Gasteiger partial charge in [-0.05, 0) is 52.4 Å². The van der Waals surface area contributed by atoms with Crippen LogP contribution in [0.1, 0.15) is 73.6 Å². The Labute approximate surface area is 172 Å². The van der Waals surface area contributed by atoms with Gasteiger partial charge in [-0.25, -0.2) is 9.59 Å². The van der Waals surface area contributed by atoms with Crippen molar-refractivity contribution in [2.24, 2.45) is 10.4 Å². The number of amides is 1.